The highest BCUT2D eigenvalue weighted by Gasteiger charge is 2.11. The molecule has 0 spiro atoms. The van der Waals surface area contributed by atoms with Gasteiger partial charge in [0.25, 0.3) is 5.91 Å². The fourth-order valence-electron chi connectivity index (χ4n) is 1.24. The van der Waals surface area contributed by atoms with Crippen LogP contribution in [0.3, 0.4) is 0 Å². The Kier molecular flexibility index (Phi) is 2.22. The maximum atomic E-state index is 11.4. The number of fused-ring (bicyclic) bond motifs is 1. The second kappa shape index (κ2) is 3.39. The molecular weight excluding hydrogens is 248 g/mol. The van der Waals surface area contributed by atoms with Crippen LogP contribution in [0.15, 0.2) is 29.1 Å². The first-order valence-electron chi connectivity index (χ1n) is 3.85. The lowest BCUT2D eigenvalue weighted by Gasteiger charge is -2.02. The van der Waals surface area contributed by atoms with Crippen LogP contribution in [0.4, 0.5) is 0 Å². The van der Waals surface area contributed by atoms with Crippen molar-refractivity contribution in [2.45, 2.75) is 0 Å². The van der Waals surface area contributed by atoms with Gasteiger partial charge in [0.05, 0.1) is 5.56 Å². The van der Waals surface area contributed by atoms with Crippen LogP contribution in [0.5, 0.6) is 0 Å². The number of rotatable bonds is 1. The first-order chi connectivity index (χ1) is 6.72. The van der Waals surface area contributed by atoms with E-state index in [9.17, 15) is 4.79 Å². The van der Waals surface area contributed by atoms with E-state index in [1.807, 2.05) is 6.20 Å². The molecule has 2 heterocycles. The summed E-state index contributed by atoms with van der Waals surface area (Å²) >= 11 is 3.30. The molecule has 0 aliphatic heterocycles. The number of imidazole rings is 1. The predicted molar refractivity (Wildman–Crippen MR) is 54.5 cm³/mol. The molecule has 1 amide bonds. The summed E-state index contributed by atoms with van der Waals surface area (Å²) in [5.41, 5.74) is 3.09. The van der Waals surface area contributed by atoms with Crippen molar-refractivity contribution in [1.29, 1.82) is 0 Å². The fraction of sp³-hybridized carbons (Fsp3) is 0. The number of pyridine rings is 1. The summed E-state index contributed by atoms with van der Waals surface area (Å²) in [6.45, 7) is 0. The van der Waals surface area contributed by atoms with Crippen molar-refractivity contribution in [2.75, 3.05) is 0 Å². The number of carbonyl (C=O) groups is 1. The molecule has 2 aromatic rings. The van der Waals surface area contributed by atoms with Crippen LogP contribution in [-0.4, -0.2) is 15.3 Å². The molecule has 0 unspecified atom stereocenters. The molecular formula is C8H7BrN4O. The summed E-state index contributed by atoms with van der Waals surface area (Å²) in [5, 5.41) is 0. The lowest BCUT2D eigenvalue weighted by molar-refractivity contribution is 0.0954. The third kappa shape index (κ3) is 1.38. The Labute approximate surface area is 88.0 Å². The molecule has 14 heavy (non-hydrogen) atoms. The number of nitrogen functional groups attached to an aromatic ring is 1. The van der Waals surface area contributed by atoms with Crippen LogP contribution in [0, 0.1) is 0 Å². The third-order valence-corrected chi connectivity index (χ3v) is 2.26. The zero-order valence-corrected chi connectivity index (χ0v) is 8.65. The quantitative estimate of drug-likeness (QED) is 0.447. The van der Waals surface area contributed by atoms with Crippen LogP contribution in [-0.2, 0) is 0 Å². The van der Waals surface area contributed by atoms with E-state index < -0.39 is 0 Å². The van der Waals surface area contributed by atoms with Crippen molar-refractivity contribution in [1.82, 2.24) is 14.8 Å². The van der Waals surface area contributed by atoms with Crippen LogP contribution in [0.1, 0.15) is 10.4 Å². The van der Waals surface area contributed by atoms with E-state index in [-0.39, 0.29) is 5.91 Å². The number of hydrogen-bond donors (Lipinski definition) is 2. The van der Waals surface area contributed by atoms with E-state index in [0.717, 1.165) is 4.47 Å². The molecule has 0 atom stereocenters. The zero-order chi connectivity index (χ0) is 10.1. The van der Waals surface area contributed by atoms with Gasteiger partial charge in [-0.2, -0.15) is 0 Å². The highest BCUT2D eigenvalue weighted by atomic mass is 79.9. The van der Waals surface area contributed by atoms with Crippen molar-refractivity contribution in [3.8, 4) is 0 Å². The van der Waals surface area contributed by atoms with Gasteiger partial charge < -0.3 is 4.40 Å². The Morgan fingerprint density at radius 3 is 3.14 bits per heavy atom. The monoisotopic (exact) mass is 254 g/mol. The van der Waals surface area contributed by atoms with E-state index in [1.54, 1.807) is 22.9 Å². The number of hydrogen-bond acceptors (Lipinski definition) is 3. The topological polar surface area (TPSA) is 72.4 Å². The second-order valence-corrected chi connectivity index (χ2v) is 3.62. The smallest absolute Gasteiger partial charge is 0.268 e. The Balaban J connectivity index is 2.72. The van der Waals surface area contributed by atoms with Gasteiger partial charge in [0.2, 0.25) is 0 Å². The van der Waals surface area contributed by atoms with Crippen LogP contribution in [0.25, 0.3) is 5.65 Å². The number of halogens is 1. The van der Waals surface area contributed by atoms with Crippen molar-refractivity contribution in [3.05, 3.63) is 34.7 Å². The number of hydrazine groups is 1. The van der Waals surface area contributed by atoms with Gasteiger partial charge in [-0.05, 0) is 22.0 Å². The molecule has 0 radical (unpaired) electrons. The van der Waals surface area contributed by atoms with Crippen molar-refractivity contribution in [2.24, 2.45) is 5.84 Å². The SMILES string of the molecule is NNC(=O)c1cc(Br)cn2ccnc12. The minimum atomic E-state index is -0.359. The van der Waals surface area contributed by atoms with Crippen molar-refractivity contribution in [3.63, 3.8) is 0 Å². The van der Waals surface area contributed by atoms with E-state index in [4.69, 9.17) is 5.84 Å². The van der Waals surface area contributed by atoms with Gasteiger partial charge in [-0.15, -0.1) is 0 Å². The number of carbonyl (C=O) groups excluding carboxylic acids is 1. The van der Waals surface area contributed by atoms with Gasteiger partial charge in [-0.3, -0.25) is 10.2 Å². The van der Waals surface area contributed by atoms with E-state index in [0.29, 0.717) is 11.2 Å². The summed E-state index contributed by atoms with van der Waals surface area (Å²) in [6, 6.07) is 1.67. The van der Waals surface area contributed by atoms with Gasteiger partial charge >= 0.3 is 0 Å². The average Bonchev–Trinajstić information content (AvgIpc) is 2.62. The molecule has 0 saturated carbocycles. The maximum absolute atomic E-state index is 11.4. The number of nitrogens with two attached hydrogens (primary N) is 1. The van der Waals surface area contributed by atoms with Gasteiger partial charge in [0.1, 0.15) is 5.65 Å². The molecule has 2 aromatic heterocycles. The van der Waals surface area contributed by atoms with Crippen molar-refractivity contribution < 1.29 is 4.79 Å². The first kappa shape index (κ1) is 9.17. The molecule has 0 aromatic carbocycles. The molecule has 6 heteroatoms. The van der Waals surface area contributed by atoms with Crippen LogP contribution >= 0.6 is 15.9 Å². The third-order valence-electron chi connectivity index (χ3n) is 1.83. The number of amides is 1. The number of nitrogens with one attached hydrogen (secondary N) is 1. The highest BCUT2D eigenvalue weighted by Crippen LogP contribution is 2.16. The Hall–Kier alpha value is -1.40. The fourth-order valence-corrected chi connectivity index (χ4v) is 1.69. The highest BCUT2D eigenvalue weighted by molar-refractivity contribution is 9.10. The van der Waals surface area contributed by atoms with E-state index >= 15 is 0 Å². The lowest BCUT2D eigenvalue weighted by Crippen LogP contribution is -2.30. The Bertz CT molecular complexity index is 493. The second-order valence-electron chi connectivity index (χ2n) is 2.70. The van der Waals surface area contributed by atoms with Gasteiger partial charge in [0, 0.05) is 23.1 Å². The van der Waals surface area contributed by atoms with E-state index in [2.05, 4.69) is 26.3 Å². The molecule has 3 N–H and O–H groups in total. The zero-order valence-electron chi connectivity index (χ0n) is 7.07. The predicted octanol–water partition coefficient (Wildman–Crippen LogP) is 0.700. The Morgan fingerprint density at radius 2 is 2.43 bits per heavy atom. The molecule has 0 aliphatic carbocycles. The minimum Gasteiger partial charge on any atom is -0.305 e. The molecule has 5 nitrogen and oxygen atoms in total. The lowest BCUT2D eigenvalue weighted by atomic mass is 10.2. The summed E-state index contributed by atoms with van der Waals surface area (Å²) in [7, 11) is 0. The molecule has 0 fully saturated rings. The minimum absolute atomic E-state index is 0.359. The van der Waals surface area contributed by atoms with Gasteiger partial charge in [-0.1, -0.05) is 0 Å². The standard InChI is InChI=1S/C8H7BrN4O/c9-5-3-6(8(14)12-10)7-11-1-2-13(7)4-5/h1-4H,10H2,(H,12,14). The summed E-state index contributed by atoms with van der Waals surface area (Å²) in [6.07, 6.45) is 5.19. The Morgan fingerprint density at radius 1 is 1.64 bits per heavy atom. The van der Waals surface area contributed by atoms with Crippen LogP contribution in [0.2, 0.25) is 0 Å². The molecule has 0 bridgehead atoms. The first-order valence-corrected chi connectivity index (χ1v) is 4.65. The van der Waals surface area contributed by atoms with Crippen molar-refractivity contribution >= 4 is 27.5 Å². The molecule has 0 aliphatic rings. The summed E-state index contributed by atoms with van der Waals surface area (Å²) in [5.74, 6) is 4.70. The summed E-state index contributed by atoms with van der Waals surface area (Å²) < 4.78 is 2.54. The average molecular weight is 255 g/mol. The van der Waals surface area contributed by atoms with Crippen LogP contribution < -0.4 is 11.3 Å². The largest absolute Gasteiger partial charge is 0.305 e. The number of nitrogens with zero attached hydrogens (tertiary/aromatic N) is 2. The molecule has 2 rings (SSSR count). The normalized spacial score (nSPS) is 10.4. The van der Waals surface area contributed by atoms with E-state index in [1.165, 1.54) is 0 Å². The van der Waals surface area contributed by atoms with Gasteiger partial charge in [0.15, 0.2) is 0 Å². The maximum Gasteiger partial charge on any atom is 0.268 e. The summed E-state index contributed by atoms with van der Waals surface area (Å²) in [4.78, 5) is 15.4. The number of aromatic nitrogens is 2. The molecule has 72 valence electrons. The van der Waals surface area contributed by atoms with Gasteiger partial charge in [-0.25, -0.2) is 10.8 Å². The molecule has 0 saturated heterocycles.